The standard InChI is InChI=1S/C14H9F2N3O/c15-9-3-1-2-4-11(9)19-14(20)8-7-18-13-10(16)5-6-17-12(8)13/h1-7,18H,(H,19,20). The molecule has 4 nitrogen and oxygen atoms in total. The van der Waals surface area contributed by atoms with Crippen LogP contribution in [0, 0.1) is 11.6 Å². The highest BCUT2D eigenvalue weighted by Crippen LogP contribution is 2.20. The zero-order valence-electron chi connectivity index (χ0n) is 10.2. The number of carbonyl (C=O) groups excluding carboxylic acids is 1. The summed E-state index contributed by atoms with van der Waals surface area (Å²) in [6.07, 6.45) is 2.61. The van der Waals surface area contributed by atoms with Gasteiger partial charge in [-0.05, 0) is 18.2 Å². The maximum atomic E-state index is 13.5. The molecule has 20 heavy (non-hydrogen) atoms. The molecule has 0 aliphatic heterocycles. The highest BCUT2D eigenvalue weighted by molar-refractivity contribution is 6.11. The zero-order chi connectivity index (χ0) is 14.1. The number of para-hydroxylation sites is 1. The van der Waals surface area contributed by atoms with Crippen LogP contribution in [0.15, 0.2) is 42.7 Å². The average molecular weight is 273 g/mol. The first-order chi connectivity index (χ1) is 9.66. The number of nitrogens with zero attached hydrogens (tertiary/aromatic N) is 1. The largest absolute Gasteiger partial charge is 0.357 e. The van der Waals surface area contributed by atoms with Gasteiger partial charge in [0.05, 0.1) is 11.3 Å². The maximum absolute atomic E-state index is 13.5. The van der Waals surface area contributed by atoms with E-state index in [9.17, 15) is 13.6 Å². The van der Waals surface area contributed by atoms with Crippen molar-refractivity contribution in [1.29, 1.82) is 0 Å². The molecule has 0 aliphatic rings. The number of fused-ring (bicyclic) bond motifs is 1. The number of hydrogen-bond donors (Lipinski definition) is 2. The number of rotatable bonds is 2. The van der Waals surface area contributed by atoms with Gasteiger partial charge < -0.3 is 10.3 Å². The van der Waals surface area contributed by atoms with Gasteiger partial charge in [0.25, 0.3) is 5.91 Å². The first kappa shape index (κ1) is 12.3. The fraction of sp³-hybridized carbons (Fsp3) is 0. The first-order valence-electron chi connectivity index (χ1n) is 5.84. The van der Waals surface area contributed by atoms with Crippen LogP contribution >= 0.6 is 0 Å². The normalized spacial score (nSPS) is 10.7. The second-order valence-corrected chi connectivity index (χ2v) is 4.15. The molecule has 0 saturated carbocycles. The van der Waals surface area contributed by atoms with E-state index in [1.165, 1.54) is 36.7 Å². The van der Waals surface area contributed by atoms with Crippen LogP contribution < -0.4 is 5.32 Å². The van der Waals surface area contributed by atoms with Crippen molar-refractivity contribution in [2.75, 3.05) is 5.32 Å². The lowest BCUT2D eigenvalue weighted by Gasteiger charge is -2.04. The summed E-state index contributed by atoms with van der Waals surface area (Å²) in [7, 11) is 0. The Kier molecular flexibility index (Phi) is 2.90. The number of H-pyrrole nitrogens is 1. The summed E-state index contributed by atoms with van der Waals surface area (Å²) in [5, 5.41) is 2.43. The van der Waals surface area contributed by atoms with E-state index in [4.69, 9.17) is 0 Å². The lowest BCUT2D eigenvalue weighted by molar-refractivity contribution is 0.102. The molecule has 0 atom stereocenters. The molecule has 0 bridgehead atoms. The third-order valence-electron chi connectivity index (χ3n) is 2.88. The molecule has 0 radical (unpaired) electrons. The van der Waals surface area contributed by atoms with Gasteiger partial charge in [-0.1, -0.05) is 12.1 Å². The maximum Gasteiger partial charge on any atom is 0.259 e. The molecule has 0 fully saturated rings. The first-order valence-corrected chi connectivity index (χ1v) is 5.84. The molecule has 6 heteroatoms. The third-order valence-corrected chi connectivity index (χ3v) is 2.88. The van der Waals surface area contributed by atoms with Crippen molar-refractivity contribution in [2.45, 2.75) is 0 Å². The molecular formula is C14H9F2N3O. The van der Waals surface area contributed by atoms with Gasteiger partial charge in [0, 0.05) is 12.4 Å². The number of anilines is 1. The van der Waals surface area contributed by atoms with Crippen LogP contribution in [0.3, 0.4) is 0 Å². The highest BCUT2D eigenvalue weighted by Gasteiger charge is 2.16. The van der Waals surface area contributed by atoms with Gasteiger partial charge in [-0.3, -0.25) is 9.78 Å². The van der Waals surface area contributed by atoms with Crippen LogP contribution in [0.2, 0.25) is 0 Å². The Morgan fingerprint density at radius 2 is 1.95 bits per heavy atom. The molecular weight excluding hydrogens is 264 g/mol. The Bertz CT molecular complexity index is 798. The molecule has 0 unspecified atom stereocenters. The minimum atomic E-state index is -0.556. The smallest absolute Gasteiger partial charge is 0.259 e. The number of benzene rings is 1. The van der Waals surface area contributed by atoms with Crippen molar-refractivity contribution in [1.82, 2.24) is 9.97 Å². The van der Waals surface area contributed by atoms with E-state index in [0.717, 1.165) is 0 Å². The number of aromatic amines is 1. The third kappa shape index (κ3) is 2.01. The van der Waals surface area contributed by atoms with Crippen LogP contribution in [0.1, 0.15) is 10.4 Å². The van der Waals surface area contributed by atoms with Crippen molar-refractivity contribution in [3.8, 4) is 0 Å². The second kappa shape index (κ2) is 4.73. The molecule has 2 heterocycles. The van der Waals surface area contributed by atoms with Gasteiger partial charge in [-0.2, -0.15) is 0 Å². The van der Waals surface area contributed by atoms with Gasteiger partial charge in [0.15, 0.2) is 0 Å². The predicted molar refractivity (Wildman–Crippen MR) is 70.4 cm³/mol. The molecule has 0 spiro atoms. The predicted octanol–water partition coefficient (Wildman–Crippen LogP) is 3.09. The number of amides is 1. The molecule has 3 rings (SSSR count). The van der Waals surface area contributed by atoms with E-state index in [2.05, 4.69) is 15.3 Å². The van der Waals surface area contributed by atoms with Crippen LogP contribution in [-0.4, -0.2) is 15.9 Å². The fourth-order valence-corrected chi connectivity index (χ4v) is 1.92. The topological polar surface area (TPSA) is 57.8 Å². The summed E-state index contributed by atoms with van der Waals surface area (Å²) in [6, 6.07) is 7.00. The molecule has 0 aliphatic carbocycles. The Morgan fingerprint density at radius 1 is 1.15 bits per heavy atom. The second-order valence-electron chi connectivity index (χ2n) is 4.15. The van der Waals surface area contributed by atoms with E-state index < -0.39 is 17.5 Å². The minimum absolute atomic E-state index is 0.0586. The average Bonchev–Trinajstić information content (AvgIpc) is 2.87. The molecule has 1 aromatic carbocycles. The Balaban J connectivity index is 1.98. The number of nitrogens with one attached hydrogen (secondary N) is 2. The lowest BCUT2D eigenvalue weighted by Crippen LogP contribution is -2.12. The summed E-state index contributed by atoms with van der Waals surface area (Å²) in [6.45, 7) is 0. The van der Waals surface area contributed by atoms with Crippen LogP contribution in [0.25, 0.3) is 11.0 Å². The monoisotopic (exact) mass is 273 g/mol. The van der Waals surface area contributed by atoms with E-state index in [-0.39, 0.29) is 22.3 Å². The van der Waals surface area contributed by atoms with E-state index >= 15 is 0 Å². The number of pyridine rings is 1. The summed E-state index contributed by atoms with van der Waals surface area (Å²) >= 11 is 0. The quantitative estimate of drug-likeness (QED) is 0.753. The van der Waals surface area contributed by atoms with Crippen molar-refractivity contribution in [3.63, 3.8) is 0 Å². The van der Waals surface area contributed by atoms with Crippen molar-refractivity contribution in [2.24, 2.45) is 0 Å². The zero-order valence-corrected chi connectivity index (χ0v) is 10.2. The van der Waals surface area contributed by atoms with Crippen LogP contribution in [0.4, 0.5) is 14.5 Å². The lowest BCUT2D eigenvalue weighted by atomic mass is 10.2. The van der Waals surface area contributed by atoms with Gasteiger partial charge >= 0.3 is 0 Å². The van der Waals surface area contributed by atoms with Crippen molar-refractivity contribution < 1.29 is 13.6 Å². The number of halogens is 2. The van der Waals surface area contributed by atoms with E-state index in [0.29, 0.717) is 0 Å². The Hall–Kier alpha value is -2.76. The highest BCUT2D eigenvalue weighted by atomic mass is 19.1. The van der Waals surface area contributed by atoms with Crippen molar-refractivity contribution >= 4 is 22.6 Å². The molecule has 3 aromatic rings. The van der Waals surface area contributed by atoms with Crippen molar-refractivity contribution in [3.05, 3.63) is 59.9 Å². The minimum Gasteiger partial charge on any atom is -0.357 e. The SMILES string of the molecule is O=C(Nc1ccccc1F)c1c[nH]c2c(F)ccnc12. The number of carbonyl (C=O) groups is 1. The molecule has 100 valence electrons. The van der Waals surface area contributed by atoms with E-state index in [1.54, 1.807) is 6.07 Å². The molecule has 2 N–H and O–H groups in total. The number of hydrogen-bond acceptors (Lipinski definition) is 2. The van der Waals surface area contributed by atoms with Gasteiger partial charge in [0.2, 0.25) is 0 Å². The number of aromatic nitrogens is 2. The van der Waals surface area contributed by atoms with Gasteiger partial charge in [-0.25, -0.2) is 8.78 Å². The molecule has 1 amide bonds. The summed E-state index contributed by atoms with van der Waals surface area (Å²) in [4.78, 5) is 18.7. The van der Waals surface area contributed by atoms with Gasteiger partial charge in [0.1, 0.15) is 22.7 Å². The van der Waals surface area contributed by atoms with Crippen LogP contribution in [0.5, 0.6) is 0 Å². The Morgan fingerprint density at radius 3 is 2.75 bits per heavy atom. The van der Waals surface area contributed by atoms with E-state index in [1.807, 2.05) is 0 Å². The summed E-state index contributed by atoms with van der Waals surface area (Å²) in [5.41, 5.74) is 0.566. The summed E-state index contributed by atoms with van der Waals surface area (Å²) in [5.74, 6) is -1.60. The summed E-state index contributed by atoms with van der Waals surface area (Å²) < 4.78 is 27.0. The fourth-order valence-electron chi connectivity index (χ4n) is 1.92. The van der Waals surface area contributed by atoms with Gasteiger partial charge in [-0.15, -0.1) is 0 Å². The van der Waals surface area contributed by atoms with Crippen LogP contribution in [-0.2, 0) is 0 Å². The molecule has 0 saturated heterocycles. The Labute approximate surface area is 112 Å². The molecule has 2 aromatic heterocycles.